The first-order chi connectivity index (χ1) is 31.8. The summed E-state index contributed by atoms with van der Waals surface area (Å²) in [7, 11) is 0. The molecule has 7 fully saturated rings. The fourth-order valence-electron chi connectivity index (χ4n) is 15.2. The third-order valence-electron chi connectivity index (χ3n) is 19.3. The number of ether oxygens (including phenoxy) is 8. The van der Waals surface area contributed by atoms with Crippen LogP contribution < -0.4 is 0 Å². The number of hydrogen-bond donors (Lipinski definition) is 7. The SMILES string of the molecule is CC(=O)O[C@@H]1[C@@H](O)[C@H](O[C@@H]2[C@@H](O)[C@H](C)O[C@@H](O[C@H]3[C@H](O[C@H]4CC[C@@]5(C)[C@@H](CC[C@]6(C)[C@@H]5CC=C5[C@@H]7CC(C)(C)CCC7(C(=O)O)CC[C@]56C)[C@]4(C)CO)OC[C@H](O)[C@@H]3O)[C@@H]2O)OC[C@H]1OC(C)=O. The number of rotatable bonds is 10. The molecular weight excluding hydrogens is 889 g/mol. The number of carbonyl (C=O) groups is 3. The van der Waals surface area contributed by atoms with E-state index in [0.29, 0.717) is 19.3 Å². The van der Waals surface area contributed by atoms with Gasteiger partial charge < -0.3 is 73.6 Å². The van der Waals surface area contributed by atoms with Crippen LogP contribution in [0.25, 0.3) is 0 Å². The van der Waals surface area contributed by atoms with Gasteiger partial charge in [0.05, 0.1) is 37.4 Å². The molecule has 18 heteroatoms. The van der Waals surface area contributed by atoms with Gasteiger partial charge in [-0.2, -0.15) is 0 Å². The summed E-state index contributed by atoms with van der Waals surface area (Å²) < 4.78 is 47.1. The Morgan fingerprint density at radius 2 is 1.35 bits per heavy atom. The summed E-state index contributed by atoms with van der Waals surface area (Å²) in [5.41, 5.74) is -0.641. The van der Waals surface area contributed by atoms with Gasteiger partial charge >= 0.3 is 17.9 Å². The van der Waals surface area contributed by atoms with Gasteiger partial charge in [-0.25, -0.2) is 0 Å². The highest BCUT2D eigenvalue weighted by atomic mass is 16.8. The van der Waals surface area contributed by atoms with Crippen molar-refractivity contribution < 1.29 is 88.0 Å². The molecule has 0 bridgehead atoms. The molecule has 1 unspecified atom stereocenters. The Morgan fingerprint density at radius 3 is 2.01 bits per heavy atom. The predicted molar refractivity (Wildman–Crippen MR) is 238 cm³/mol. The van der Waals surface area contributed by atoms with E-state index >= 15 is 0 Å². The number of carboxylic acid groups (broad SMARTS) is 1. The Kier molecular flexibility index (Phi) is 14.2. The molecule has 0 amide bonds. The molecule has 18 nitrogen and oxygen atoms in total. The van der Waals surface area contributed by atoms with Crippen LogP contribution >= 0.6 is 0 Å². The number of carboxylic acids is 1. The fourth-order valence-corrected chi connectivity index (χ4v) is 15.2. The lowest BCUT2D eigenvalue weighted by molar-refractivity contribution is -0.379. The van der Waals surface area contributed by atoms with Gasteiger partial charge in [-0.05, 0) is 111 Å². The van der Waals surface area contributed by atoms with Crippen LogP contribution in [0.5, 0.6) is 0 Å². The number of allylic oxidation sites excluding steroid dienone is 2. The van der Waals surface area contributed by atoms with Crippen LogP contribution in [-0.2, 0) is 52.3 Å². The van der Waals surface area contributed by atoms with Gasteiger partial charge in [-0.1, -0.05) is 53.2 Å². The van der Waals surface area contributed by atoms with Gasteiger partial charge in [0.15, 0.2) is 31.1 Å². The zero-order valence-corrected chi connectivity index (χ0v) is 41.2. The second kappa shape index (κ2) is 18.6. The highest BCUT2D eigenvalue weighted by molar-refractivity contribution is 5.76. The molecule has 0 aromatic rings. The predicted octanol–water partition coefficient (Wildman–Crippen LogP) is 3.13. The normalized spacial score (nSPS) is 51.1. The smallest absolute Gasteiger partial charge is 0.310 e. The van der Waals surface area contributed by atoms with Crippen LogP contribution in [0.2, 0.25) is 0 Å². The Hall–Kier alpha value is -2.33. The molecule has 8 aliphatic rings. The van der Waals surface area contributed by atoms with Crippen LogP contribution in [0.3, 0.4) is 0 Å². The number of hydrogen-bond acceptors (Lipinski definition) is 17. The number of carbonyl (C=O) groups excluding carboxylic acids is 2. The molecule has 3 aliphatic heterocycles. The fraction of sp³-hybridized carbons (Fsp3) is 0.900. The third kappa shape index (κ3) is 8.49. The first-order valence-corrected chi connectivity index (χ1v) is 24.9. The summed E-state index contributed by atoms with van der Waals surface area (Å²) in [5, 5.41) is 78.7. The molecule has 4 saturated carbocycles. The molecule has 7 N–H and O–H groups in total. The minimum absolute atomic E-state index is 0.00715. The van der Waals surface area contributed by atoms with E-state index in [0.717, 1.165) is 58.8 Å². The molecule has 3 saturated heterocycles. The summed E-state index contributed by atoms with van der Waals surface area (Å²) in [6.45, 7) is 16.7. The van der Waals surface area contributed by atoms with Crippen LogP contribution in [-0.4, -0.2) is 159 Å². The highest BCUT2D eigenvalue weighted by Crippen LogP contribution is 2.76. The monoisotopic (exact) mass is 967 g/mol. The van der Waals surface area contributed by atoms with E-state index in [-0.39, 0.29) is 59.2 Å². The lowest BCUT2D eigenvalue weighted by Crippen LogP contribution is -2.67. The number of aliphatic carboxylic acids is 1. The molecular formula is C50H78O18. The Labute approximate surface area is 399 Å². The molecule has 22 atom stereocenters. The van der Waals surface area contributed by atoms with Gasteiger partial charge in [0.1, 0.15) is 42.7 Å². The Bertz CT molecular complexity index is 1930. The van der Waals surface area contributed by atoms with E-state index in [9.17, 15) is 50.1 Å². The first kappa shape index (κ1) is 52.0. The number of aliphatic hydroxyl groups is 6. The quantitative estimate of drug-likeness (QED) is 0.0942. The Morgan fingerprint density at radius 1 is 0.706 bits per heavy atom. The van der Waals surface area contributed by atoms with E-state index in [1.807, 2.05) is 6.92 Å². The van der Waals surface area contributed by atoms with Crippen molar-refractivity contribution in [1.29, 1.82) is 0 Å². The van der Waals surface area contributed by atoms with Gasteiger partial charge in [0.2, 0.25) is 0 Å². The average molecular weight is 967 g/mol. The van der Waals surface area contributed by atoms with Gasteiger partial charge in [0.25, 0.3) is 0 Å². The van der Waals surface area contributed by atoms with Crippen LogP contribution in [0.4, 0.5) is 0 Å². The molecule has 0 radical (unpaired) electrons. The molecule has 5 aliphatic carbocycles. The number of esters is 2. The molecule has 0 aromatic heterocycles. The van der Waals surface area contributed by atoms with Crippen LogP contribution in [0, 0.1) is 50.2 Å². The number of fused-ring (bicyclic) bond motifs is 7. The van der Waals surface area contributed by atoms with Crippen molar-refractivity contribution in [1.82, 2.24) is 0 Å². The van der Waals surface area contributed by atoms with E-state index < -0.39 is 115 Å². The van der Waals surface area contributed by atoms with Crippen molar-refractivity contribution in [3.8, 4) is 0 Å². The average Bonchev–Trinajstić information content (AvgIpc) is 3.26. The maximum Gasteiger partial charge on any atom is 0.310 e. The molecule has 8 rings (SSSR count). The Balaban J connectivity index is 1.00. The van der Waals surface area contributed by atoms with Crippen molar-refractivity contribution in [2.75, 3.05) is 19.8 Å². The summed E-state index contributed by atoms with van der Waals surface area (Å²) in [4.78, 5) is 36.8. The topological polar surface area (TPSA) is 267 Å². The minimum atomic E-state index is -1.79. The largest absolute Gasteiger partial charge is 0.481 e. The zero-order valence-electron chi connectivity index (χ0n) is 41.2. The molecule has 0 aromatic carbocycles. The molecule has 68 heavy (non-hydrogen) atoms. The van der Waals surface area contributed by atoms with Crippen molar-refractivity contribution in [2.24, 2.45) is 50.2 Å². The highest BCUT2D eigenvalue weighted by Gasteiger charge is 2.70. The van der Waals surface area contributed by atoms with Crippen LogP contribution in [0.1, 0.15) is 127 Å². The second-order valence-electron chi connectivity index (χ2n) is 23.6. The molecule has 3 heterocycles. The lowest BCUT2D eigenvalue weighted by atomic mass is 9.33. The summed E-state index contributed by atoms with van der Waals surface area (Å²) in [5.74, 6) is -1.89. The van der Waals surface area contributed by atoms with Crippen molar-refractivity contribution in [3.05, 3.63) is 11.6 Å². The first-order valence-electron chi connectivity index (χ1n) is 24.9. The summed E-state index contributed by atoms with van der Waals surface area (Å²) >= 11 is 0. The van der Waals surface area contributed by atoms with Crippen molar-refractivity contribution >= 4 is 17.9 Å². The van der Waals surface area contributed by atoms with E-state index in [1.165, 1.54) is 12.5 Å². The minimum Gasteiger partial charge on any atom is -0.481 e. The zero-order chi connectivity index (χ0) is 49.7. The standard InChI is InChI=1S/C50H78O18/c1-24-34(55)39(67-41-36(57)38(65-26(3)53)30(22-62-41)64-25(2)52)37(58)42(63-24)68-40-35(56)29(54)21-61-43(40)66-33-13-14-46(6)31(47(33,7)23-51)12-15-49(9)32(46)11-10-27-28-20-45(4,5)16-18-50(28,44(59)60)19-17-48(27,49)8/h10,24,28-43,51,54-58H,11-23H2,1-9H3,(H,59,60)/t24-,28-,29-,30+,31+,32+,33-,34-,35-,36+,37+,38-,39+,40+,41-,42-,43-,46-,47-,48+,49+,50?/m0/s1. The van der Waals surface area contributed by atoms with Gasteiger partial charge in [-0.3, -0.25) is 14.4 Å². The number of aliphatic hydroxyl groups excluding tert-OH is 6. The third-order valence-corrected chi connectivity index (χ3v) is 19.3. The molecule has 0 spiro atoms. The lowest BCUT2D eigenvalue weighted by Gasteiger charge is -2.71. The maximum atomic E-state index is 13.2. The van der Waals surface area contributed by atoms with E-state index in [4.69, 9.17) is 37.9 Å². The maximum absolute atomic E-state index is 13.2. The van der Waals surface area contributed by atoms with E-state index in [2.05, 4.69) is 40.7 Å². The second-order valence-corrected chi connectivity index (χ2v) is 23.6. The van der Waals surface area contributed by atoms with Crippen molar-refractivity contribution in [3.63, 3.8) is 0 Å². The molecule has 386 valence electrons. The summed E-state index contributed by atoms with van der Waals surface area (Å²) in [6, 6.07) is 0. The van der Waals surface area contributed by atoms with Gasteiger partial charge in [-0.15, -0.1) is 0 Å². The van der Waals surface area contributed by atoms with Gasteiger partial charge in [0, 0.05) is 19.3 Å². The van der Waals surface area contributed by atoms with Crippen LogP contribution in [0.15, 0.2) is 11.6 Å². The summed E-state index contributed by atoms with van der Waals surface area (Å²) in [6.07, 6.45) is -9.52. The van der Waals surface area contributed by atoms with E-state index in [1.54, 1.807) is 0 Å². The van der Waals surface area contributed by atoms with Crippen molar-refractivity contribution in [2.45, 2.75) is 213 Å².